The van der Waals surface area contributed by atoms with Crippen molar-refractivity contribution in [1.29, 1.82) is 0 Å². The lowest BCUT2D eigenvalue weighted by Gasteiger charge is -2.27. The molecule has 21 heavy (non-hydrogen) atoms. The first-order chi connectivity index (χ1) is 9.81. The van der Waals surface area contributed by atoms with Gasteiger partial charge in [-0.2, -0.15) is 0 Å². The monoisotopic (exact) mass is 356 g/mol. The topological polar surface area (TPSA) is 64.3 Å². The Labute approximate surface area is 135 Å². The number of carbonyl (C=O) groups is 1. The van der Waals surface area contributed by atoms with Crippen molar-refractivity contribution < 1.29 is 9.53 Å². The van der Waals surface area contributed by atoms with Crippen LogP contribution in [0.2, 0.25) is 0 Å². The Morgan fingerprint density at radius 2 is 2.05 bits per heavy atom. The van der Waals surface area contributed by atoms with Crippen LogP contribution in [0.3, 0.4) is 0 Å². The Balaban J connectivity index is 2.59. The highest BCUT2D eigenvalue weighted by atomic mass is 79.9. The number of hydrogen-bond acceptors (Lipinski definition) is 3. The van der Waals surface area contributed by atoms with E-state index in [1.165, 1.54) is 0 Å². The van der Waals surface area contributed by atoms with Gasteiger partial charge >= 0.3 is 0 Å². The largest absolute Gasteiger partial charge is 0.480 e. The van der Waals surface area contributed by atoms with E-state index < -0.39 is 6.10 Å². The quantitative estimate of drug-likeness (QED) is 0.788. The molecule has 1 aromatic carbocycles. The van der Waals surface area contributed by atoms with E-state index in [0.29, 0.717) is 12.3 Å². The minimum atomic E-state index is -0.568. The van der Waals surface area contributed by atoms with E-state index in [-0.39, 0.29) is 11.4 Å². The smallest absolute Gasteiger partial charge is 0.260 e. The molecule has 1 amide bonds. The van der Waals surface area contributed by atoms with Crippen LogP contribution in [0.25, 0.3) is 0 Å². The summed E-state index contributed by atoms with van der Waals surface area (Å²) in [6, 6.07) is 5.76. The summed E-state index contributed by atoms with van der Waals surface area (Å²) in [7, 11) is 0. The third-order valence-electron chi connectivity index (χ3n) is 3.78. The van der Waals surface area contributed by atoms with E-state index in [2.05, 4.69) is 21.2 Å². The van der Waals surface area contributed by atoms with Gasteiger partial charge in [0.2, 0.25) is 0 Å². The molecule has 1 rings (SSSR count). The van der Waals surface area contributed by atoms with Crippen molar-refractivity contribution in [2.45, 2.75) is 52.2 Å². The highest BCUT2D eigenvalue weighted by Gasteiger charge is 2.23. The number of carbonyl (C=O) groups excluding carboxylic acids is 1. The summed E-state index contributed by atoms with van der Waals surface area (Å²) in [5.41, 5.74) is 6.96. The van der Waals surface area contributed by atoms with Crippen molar-refractivity contribution in [3.8, 4) is 5.75 Å². The maximum Gasteiger partial charge on any atom is 0.260 e. The Morgan fingerprint density at radius 1 is 1.43 bits per heavy atom. The summed E-state index contributed by atoms with van der Waals surface area (Å²) in [6.07, 6.45) is 1.08. The van der Waals surface area contributed by atoms with Crippen molar-refractivity contribution in [2.24, 2.45) is 5.73 Å². The summed E-state index contributed by atoms with van der Waals surface area (Å²) in [4.78, 5) is 12.1. The molecule has 0 aliphatic carbocycles. The Morgan fingerprint density at radius 3 is 2.57 bits per heavy atom. The molecule has 0 fully saturated rings. The molecule has 0 aromatic heterocycles. The van der Waals surface area contributed by atoms with Crippen LogP contribution in [0.4, 0.5) is 0 Å². The summed E-state index contributed by atoms with van der Waals surface area (Å²) in [5.74, 6) is 0.507. The van der Waals surface area contributed by atoms with E-state index in [0.717, 1.165) is 22.9 Å². The molecule has 0 saturated carbocycles. The molecule has 0 radical (unpaired) electrons. The third-order valence-corrected chi connectivity index (χ3v) is 4.40. The number of hydrogen-bond donors (Lipinski definition) is 2. The first-order valence-corrected chi connectivity index (χ1v) is 8.10. The van der Waals surface area contributed by atoms with Crippen LogP contribution in [-0.2, 0) is 4.79 Å². The molecule has 5 heteroatoms. The molecule has 0 aliphatic rings. The average molecular weight is 357 g/mol. The molecule has 0 spiro atoms. The van der Waals surface area contributed by atoms with Crippen molar-refractivity contribution in [1.82, 2.24) is 5.32 Å². The van der Waals surface area contributed by atoms with Crippen molar-refractivity contribution in [2.75, 3.05) is 6.54 Å². The number of nitrogens with one attached hydrogen (secondary N) is 1. The minimum absolute atomic E-state index is 0.154. The maximum absolute atomic E-state index is 12.1. The van der Waals surface area contributed by atoms with Crippen LogP contribution in [0.15, 0.2) is 22.7 Å². The molecule has 1 unspecified atom stereocenters. The number of aryl methyl sites for hydroxylation is 1. The molecule has 0 heterocycles. The molecular formula is C16H25BrN2O2. The molecular weight excluding hydrogens is 332 g/mol. The molecule has 4 nitrogen and oxygen atoms in total. The maximum atomic E-state index is 12.1. The lowest BCUT2D eigenvalue weighted by molar-refractivity contribution is -0.127. The minimum Gasteiger partial charge on any atom is -0.480 e. The van der Waals surface area contributed by atoms with Crippen LogP contribution in [-0.4, -0.2) is 24.1 Å². The summed E-state index contributed by atoms with van der Waals surface area (Å²) in [6.45, 7) is 8.25. The zero-order valence-corrected chi connectivity index (χ0v) is 14.8. The van der Waals surface area contributed by atoms with Gasteiger partial charge in [0.15, 0.2) is 6.10 Å². The molecule has 0 aliphatic heterocycles. The molecule has 1 atom stereocenters. The summed E-state index contributed by atoms with van der Waals surface area (Å²) < 4.78 is 6.54. The molecule has 3 N–H and O–H groups in total. The molecule has 1 aromatic rings. The fourth-order valence-corrected chi connectivity index (χ4v) is 2.44. The molecule has 118 valence electrons. The van der Waals surface area contributed by atoms with Crippen LogP contribution < -0.4 is 15.8 Å². The fourth-order valence-electron chi connectivity index (χ4n) is 1.85. The highest BCUT2D eigenvalue weighted by molar-refractivity contribution is 9.10. The summed E-state index contributed by atoms with van der Waals surface area (Å²) in [5, 5.41) is 2.87. The number of halogens is 1. The van der Waals surface area contributed by atoms with Gasteiger partial charge in [-0.15, -0.1) is 0 Å². The second-order valence-corrected chi connectivity index (χ2v) is 6.34. The van der Waals surface area contributed by atoms with Crippen LogP contribution in [0, 0.1) is 6.92 Å². The van der Waals surface area contributed by atoms with E-state index in [4.69, 9.17) is 10.5 Å². The van der Waals surface area contributed by atoms with Gasteiger partial charge in [-0.1, -0.05) is 19.9 Å². The molecule has 0 saturated heterocycles. The van der Waals surface area contributed by atoms with Gasteiger partial charge in [0.25, 0.3) is 5.91 Å². The number of ether oxygens (including phenoxy) is 1. The normalized spacial score (nSPS) is 12.9. The van der Waals surface area contributed by atoms with Gasteiger partial charge in [-0.05, 0) is 60.3 Å². The standard InChI is InChI=1S/C16H25BrN2O2/c1-5-16(18,6-2)10-19-15(20)12(4)21-14-8-7-11(3)9-13(14)17/h7-9,12H,5-6,10,18H2,1-4H3,(H,19,20). The Kier molecular flexibility index (Phi) is 6.68. The third kappa shape index (κ3) is 5.32. The van der Waals surface area contributed by atoms with Crippen LogP contribution in [0.1, 0.15) is 39.2 Å². The predicted octanol–water partition coefficient (Wildman–Crippen LogP) is 3.16. The summed E-state index contributed by atoms with van der Waals surface area (Å²) >= 11 is 3.44. The lowest BCUT2D eigenvalue weighted by Crippen LogP contribution is -2.51. The van der Waals surface area contributed by atoms with Gasteiger partial charge in [-0.3, -0.25) is 4.79 Å². The van der Waals surface area contributed by atoms with Gasteiger partial charge in [0.1, 0.15) is 5.75 Å². The number of benzene rings is 1. The lowest BCUT2D eigenvalue weighted by atomic mass is 9.94. The van der Waals surface area contributed by atoms with Crippen molar-refractivity contribution in [3.63, 3.8) is 0 Å². The van der Waals surface area contributed by atoms with E-state index in [1.54, 1.807) is 6.92 Å². The number of nitrogens with two attached hydrogens (primary N) is 1. The first kappa shape index (κ1) is 18.0. The zero-order valence-electron chi connectivity index (χ0n) is 13.2. The zero-order chi connectivity index (χ0) is 16.0. The van der Waals surface area contributed by atoms with Crippen LogP contribution >= 0.6 is 15.9 Å². The first-order valence-electron chi connectivity index (χ1n) is 7.30. The van der Waals surface area contributed by atoms with E-state index in [9.17, 15) is 4.79 Å². The van der Waals surface area contributed by atoms with Gasteiger partial charge in [0.05, 0.1) is 4.47 Å². The highest BCUT2D eigenvalue weighted by Crippen LogP contribution is 2.26. The average Bonchev–Trinajstić information content (AvgIpc) is 2.47. The second-order valence-electron chi connectivity index (χ2n) is 5.48. The van der Waals surface area contributed by atoms with Crippen molar-refractivity contribution >= 4 is 21.8 Å². The van der Waals surface area contributed by atoms with Gasteiger partial charge < -0.3 is 15.8 Å². The Hall–Kier alpha value is -1.07. The van der Waals surface area contributed by atoms with Gasteiger partial charge in [0, 0.05) is 12.1 Å². The number of rotatable bonds is 7. The van der Waals surface area contributed by atoms with Crippen LogP contribution in [0.5, 0.6) is 5.75 Å². The second kappa shape index (κ2) is 7.80. The predicted molar refractivity (Wildman–Crippen MR) is 89.5 cm³/mol. The Bertz CT molecular complexity index is 487. The number of amides is 1. The van der Waals surface area contributed by atoms with E-state index >= 15 is 0 Å². The van der Waals surface area contributed by atoms with E-state index in [1.807, 2.05) is 39.0 Å². The van der Waals surface area contributed by atoms with Crippen molar-refractivity contribution in [3.05, 3.63) is 28.2 Å². The van der Waals surface area contributed by atoms with Gasteiger partial charge in [-0.25, -0.2) is 0 Å². The SMILES string of the molecule is CCC(N)(CC)CNC(=O)C(C)Oc1ccc(C)cc1Br. The molecule has 0 bridgehead atoms. The fraction of sp³-hybridized carbons (Fsp3) is 0.562.